The van der Waals surface area contributed by atoms with Crippen LogP contribution >= 0.6 is 0 Å². The highest BCUT2D eigenvalue weighted by atomic mass is 16.6. The zero-order chi connectivity index (χ0) is 14.2. The van der Waals surface area contributed by atoms with Crippen LogP contribution in [0, 0.1) is 0 Å². The van der Waals surface area contributed by atoms with Crippen molar-refractivity contribution in [2.24, 2.45) is 0 Å². The zero-order valence-corrected chi connectivity index (χ0v) is 12.5. The number of carbonyl (C=O) groups excluding carboxylic acids is 1. The monoisotopic (exact) mass is 285 g/mol. The molecule has 0 N–H and O–H groups in total. The molecule has 3 heteroatoms. The predicted molar refractivity (Wildman–Crippen MR) is 81.2 cm³/mol. The minimum atomic E-state index is -0.121. The van der Waals surface area contributed by atoms with Gasteiger partial charge in [0.25, 0.3) is 5.91 Å². The van der Waals surface area contributed by atoms with Crippen molar-refractivity contribution in [3.63, 3.8) is 0 Å². The number of benzene rings is 1. The fraction of sp³-hybridized carbons (Fsp3) is 0.611. The number of rotatable bonds is 3. The van der Waals surface area contributed by atoms with Gasteiger partial charge in [0.15, 0.2) is 6.10 Å². The summed E-state index contributed by atoms with van der Waals surface area (Å²) in [6.07, 6.45) is 7.10. The van der Waals surface area contributed by atoms with E-state index in [4.69, 9.17) is 4.74 Å². The predicted octanol–water partition coefficient (Wildman–Crippen LogP) is 2.89. The number of nitrogens with zero attached hydrogens (tertiary/aromatic N) is 1. The van der Waals surface area contributed by atoms with Gasteiger partial charge in [0.05, 0.1) is 6.61 Å². The Bertz CT molecular complexity index is 538. The summed E-state index contributed by atoms with van der Waals surface area (Å²) in [7, 11) is 0. The first kappa shape index (κ1) is 13.3. The van der Waals surface area contributed by atoms with Crippen molar-refractivity contribution in [2.75, 3.05) is 13.2 Å². The molecule has 0 radical (unpaired) electrons. The molecule has 1 aliphatic carbocycles. The number of amides is 1. The van der Waals surface area contributed by atoms with Crippen LogP contribution in [0.1, 0.15) is 49.1 Å². The van der Waals surface area contributed by atoms with E-state index in [-0.39, 0.29) is 12.0 Å². The van der Waals surface area contributed by atoms with Gasteiger partial charge >= 0.3 is 0 Å². The third-order valence-corrected chi connectivity index (χ3v) is 5.32. The van der Waals surface area contributed by atoms with Crippen LogP contribution in [0.4, 0.5) is 0 Å². The second-order valence-electron chi connectivity index (χ2n) is 6.67. The van der Waals surface area contributed by atoms with E-state index in [0.717, 1.165) is 25.8 Å². The van der Waals surface area contributed by atoms with Crippen LogP contribution in [0.3, 0.4) is 0 Å². The van der Waals surface area contributed by atoms with E-state index >= 15 is 0 Å². The molecule has 2 heterocycles. The van der Waals surface area contributed by atoms with E-state index in [2.05, 4.69) is 29.2 Å². The maximum Gasteiger partial charge on any atom is 0.254 e. The second kappa shape index (κ2) is 5.45. The number of carbonyl (C=O) groups is 1. The Hall–Kier alpha value is -1.35. The van der Waals surface area contributed by atoms with Gasteiger partial charge in [0, 0.05) is 12.6 Å². The lowest BCUT2D eigenvalue weighted by molar-refractivity contribution is -0.133. The van der Waals surface area contributed by atoms with Gasteiger partial charge in [-0.3, -0.25) is 4.79 Å². The highest BCUT2D eigenvalue weighted by molar-refractivity contribution is 5.83. The summed E-state index contributed by atoms with van der Waals surface area (Å²) >= 11 is 0. The molecule has 3 nitrogen and oxygen atoms in total. The van der Waals surface area contributed by atoms with E-state index in [1.807, 2.05) is 0 Å². The van der Waals surface area contributed by atoms with Gasteiger partial charge in [0.1, 0.15) is 0 Å². The molecule has 4 rings (SSSR count). The third-order valence-electron chi connectivity index (χ3n) is 5.32. The summed E-state index contributed by atoms with van der Waals surface area (Å²) in [6.45, 7) is 1.56. The largest absolute Gasteiger partial charge is 0.363 e. The summed E-state index contributed by atoms with van der Waals surface area (Å²) in [5.41, 5.74) is 3.06. The van der Waals surface area contributed by atoms with Crippen LogP contribution in [0.15, 0.2) is 24.3 Å². The molecular formula is C18H23NO2. The first-order chi connectivity index (χ1) is 10.3. The van der Waals surface area contributed by atoms with Crippen molar-refractivity contribution in [3.05, 3.63) is 35.4 Å². The molecule has 1 amide bonds. The molecular weight excluding hydrogens is 262 g/mol. The van der Waals surface area contributed by atoms with Gasteiger partial charge in [-0.2, -0.15) is 0 Å². The second-order valence-corrected chi connectivity index (χ2v) is 6.67. The summed E-state index contributed by atoms with van der Waals surface area (Å²) < 4.78 is 5.19. The molecule has 3 unspecified atom stereocenters. The minimum absolute atomic E-state index is 0.121. The SMILES string of the molecule is O=C(C1CO1)N1CCCC1CC1CCCc2ccccc21. The van der Waals surface area contributed by atoms with E-state index < -0.39 is 0 Å². The van der Waals surface area contributed by atoms with Crippen molar-refractivity contribution in [1.82, 2.24) is 4.90 Å². The third kappa shape index (κ3) is 2.59. The first-order valence-corrected chi connectivity index (χ1v) is 8.33. The standard InChI is InChI=1S/C18H23NO2/c20-18(17-12-21-17)19-10-4-8-15(19)11-14-7-3-6-13-5-1-2-9-16(13)14/h1-2,5,9,14-15,17H,3-4,6-8,10-12H2. The molecule has 2 fully saturated rings. The molecule has 21 heavy (non-hydrogen) atoms. The fourth-order valence-corrected chi connectivity index (χ4v) is 4.17. The lowest BCUT2D eigenvalue weighted by Crippen LogP contribution is -2.39. The Labute approximate surface area is 126 Å². The Morgan fingerprint density at radius 2 is 2.10 bits per heavy atom. The maximum absolute atomic E-state index is 12.3. The summed E-state index contributed by atoms with van der Waals surface area (Å²) in [5, 5.41) is 0. The van der Waals surface area contributed by atoms with Crippen molar-refractivity contribution in [2.45, 2.75) is 56.6 Å². The van der Waals surface area contributed by atoms with Crippen molar-refractivity contribution in [3.8, 4) is 0 Å². The molecule has 0 saturated carbocycles. The maximum atomic E-state index is 12.3. The average molecular weight is 285 g/mol. The minimum Gasteiger partial charge on any atom is -0.363 e. The number of likely N-dealkylation sites (tertiary alicyclic amines) is 1. The van der Waals surface area contributed by atoms with Gasteiger partial charge in [-0.15, -0.1) is 0 Å². The Morgan fingerprint density at radius 1 is 1.24 bits per heavy atom. The highest BCUT2D eigenvalue weighted by Gasteiger charge is 2.40. The number of hydrogen-bond acceptors (Lipinski definition) is 2. The van der Waals surface area contributed by atoms with E-state index in [9.17, 15) is 4.79 Å². The lowest BCUT2D eigenvalue weighted by atomic mass is 9.79. The van der Waals surface area contributed by atoms with Crippen LogP contribution in [0.5, 0.6) is 0 Å². The highest BCUT2D eigenvalue weighted by Crippen LogP contribution is 2.38. The average Bonchev–Trinajstić information content (AvgIpc) is 3.27. The van der Waals surface area contributed by atoms with Gasteiger partial charge in [-0.25, -0.2) is 0 Å². The molecule has 112 valence electrons. The zero-order valence-electron chi connectivity index (χ0n) is 12.5. The van der Waals surface area contributed by atoms with Crippen molar-refractivity contribution < 1.29 is 9.53 Å². The number of aryl methyl sites for hydroxylation is 1. The van der Waals surface area contributed by atoms with E-state index in [0.29, 0.717) is 18.6 Å². The molecule has 3 aliphatic rings. The summed E-state index contributed by atoms with van der Waals surface area (Å²) in [6, 6.07) is 9.31. The first-order valence-electron chi connectivity index (χ1n) is 8.33. The molecule has 0 aromatic heterocycles. The number of hydrogen-bond donors (Lipinski definition) is 0. The molecule has 0 spiro atoms. The number of ether oxygens (including phenoxy) is 1. The van der Waals surface area contributed by atoms with Gasteiger partial charge < -0.3 is 9.64 Å². The van der Waals surface area contributed by atoms with Crippen molar-refractivity contribution in [1.29, 1.82) is 0 Å². The van der Waals surface area contributed by atoms with Crippen LogP contribution in [-0.4, -0.2) is 36.1 Å². The van der Waals surface area contributed by atoms with Crippen LogP contribution < -0.4 is 0 Å². The lowest BCUT2D eigenvalue weighted by Gasteiger charge is -2.31. The molecule has 2 saturated heterocycles. The number of fused-ring (bicyclic) bond motifs is 1. The van der Waals surface area contributed by atoms with Crippen molar-refractivity contribution >= 4 is 5.91 Å². The smallest absolute Gasteiger partial charge is 0.254 e. The summed E-state index contributed by atoms with van der Waals surface area (Å²) in [5.74, 6) is 0.870. The van der Waals surface area contributed by atoms with Crippen LogP contribution in [-0.2, 0) is 16.0 Å². The topological polar surface area (TPSA) is 32.8 Å². The van der Waals surface area contributed by atoms with Crippen LogP contribution in [0.25, 0.3) is 0 Å². The van der Waals surface area contributed by atoms with Crippen LogP contribution in [0.2, 0.25) is 0 Å². The molecule has 3 atom stereocenters. The normalized spacial score (nSPS) is 31.0. The molecule has 1 aromatic carbocycles. The molecule has 1 aromatic rings. The Kier molecular flexibility index (Phi) is 3.46. The molecule has 0 bridgehead atoms. The quantitative estimate of drug-likeness (QED) is 0.800. The van der Waals surface area contributed by atoms with Gasteiger partial charge in [-0.05, 0) is 55.6 Å². The Balaban J connectivity index is 1.49. The van der Waals surface area contributed by atoms with Gasteiger partial charge in [0.2, 0.25) is 0 Å². The Morgan fingerprint density at radius 3 is 2.95 bits per heavy atom. The van der Waals surface area contributed by atoms with Gasteiger partial charge in [-0.1, -0.05) is 24.3 Å². The molecule has 2 aliphatic heterocycles. The summed E-state index contributed by atoms with van der Waals surface area (Å²) in [4.78, 5) is 14.4. The number of epoxide rings is 1. The van der Waals surface area contributed by atoms with E-state index in [1.165, 1.54) is 30.4 Å². The fourth-order valence-electron chi connectivity index (χ4n) is 4.17. The van der Waals surface area contributed by atoms with E-state index in [1.54, 1.807) is 0 Å².